The van der Waals surface area contributed by atoms with E-state index >= 15 is 0 Å². The predicted molar refractivity (Wildman–Crippen MR) is 78.9 cm³/mol. The van der Waals surface area contributed by atoms with Crippen LogP contribution in [0.15, 0.2) is 24.3 Å². The first-order valence-electron chi connectivity index (χ1n) is 6.98. The molecule has 0 spiro atoms. The molecule has 4 nitrogen and oxygen atoms in total. The zero-order chi connectivity index (χ0) is 14.6. The van der Waals surface area contributed by atoms with Crippen LogP contribution < -0.4 is 0 Å². The molecule has 1 heterocycles. The first-order chi connectivity index (χ1) is 9.55. The van der Waals surface area contributed by atoms with Crippen LogP contribution in [-0.4, -0.2) is 37.4 Å². The van der Waals surface area contributed by atoms with Crippen LogP contribution >= 0.6 is 0 Å². The van der Waals surface area contributed by atoms with Crippen LogP contribution in [0.4, 0.5) is 0 Å². The van der Waals surface area contributed by atoms with E-state index in [0.29, 0.717) is 18.5 Å². The van der Waals surface area contributed by atoms with Gasteiger partial charge in [0.15, 0.2) is 9.84 Å². The van der Waals surface area contributed by atoms with Gasteiger partial charge in [0.05, 0.1) is 23.1 Å². The lowest BCUT2D eigenvalue weighted by atomic mass is 10.1. The minimum atomic E-state index is -2.87. The molecule has 1 atom stereocenters. The number of nitriles is 1. The Morgan fingerprint density at radius 1 is 1.40 bits per heavy atom. The molecule has 108 valence electrons. The standard InChI is InChI=1S/C15H20N2O2S/c1-2-8-17(15-7-9-20(18,19)12-15)11-14-6-4-3-5-13(14)10-16/h3-6,15H,2,7-9,11-12H2,1H3/t15-/m0/s1. The molecule has 0 N–H and O–H groups in total. The summed E-state index contributed by atoms with van der Waals surface area (Å²) in [4.78, 5) is 2.21. The summed E-state index contributed by atoms with van der Waals surface area (Å²) < 4.78 is 23.3. The molecule has 0 radical (unpaired) electrons. The first-order valence-corrected chi connectivity index (χ1v) is 8.80. The van der Waals surface area contributed by atoms with Crippen LogP contribution in [0, 0.1) is 11.3 Å². The maximum absolute atomic E-state index is 11.6. The normalized spacial score (nSPS) is 20.9. The lowest BCUT2D eigenvalue weighted by molar-refractivity contribution is 0.203. The van der Waals surface area contributed by atoms with Gasteiger partial charge in [0, 0.05) is 12.6 Å². The molecule has 0 amide bonds. The summed E-state index contributed by atoms with van der Waals surface area (Å²) in [5.41, 5.74) is 1.65. The molecular weight excluding hydrogens is 272 g/mol. The Hall–Kier alpha value is -1.38. The van der Waals surface area contributed by atoms with Gasteiger partial charge >= 0.3 is 0 Å². The van der Waals surface area contributed by atoms with Crippen molar-refractivity contribution in [3.8, 4) is 6.07 Å². The van der Waals surface area contributed by atoms with Gasteiger partial charge in [0.25, 0.3) is 0 Å². The Morgan fingerprint density at radius 2 is 2.15 bits per heavy atom. The Labute approximate surface area is 120 Å². The van der Waals surface area contributed by atoms with Gasteiger partial charge < -0.3 is 0 Å². The van der Waals surface area contributed by atoms with Crippen molar-refractivity contribution in [1.29, 1.82) is 5.26 Å². The predicted octanol–water partition coefficient (Wildman–Crippen LogP) is 1.96. The third kappa shape index (κ3) is 3.59. The fourth-order valence-electron chi connectivity index (χ4n) is 2.73. The van der Waals surface area contributed by atoms with Crippen molar-refractivity contribution in [3.05, 3.63) is 35.4 Å². The molecule has 1 aromatic carbocycles. The van der Waals surface area contributed by atoms with Crippen molar-refractivity contribution >= 4 is 9.84 Å². The van der Waals surface area contributed by atoms with Crippen molar-refractivity contribution in [2.75, 3.05) is 18.1 Å². The molecule has 20 heavy (non-hydrogen) atoms. The van der Waals surface area contributed by atoms with Crippen molar-refractivity contribution in [3.63, 3.8) is 0 Å². The van der Waals surface area contributed by atoms with Gasteiger partial charge in [-0.1, -0.05) is 25.1 Å². The van der Waals surface area contributed by atoms with Gasteiger partial charge in [0.1, 0.15) is 0 Å². The molecule has 0 bridgehead atoms. The van der Waals surface area contributed by atoms with E-state index in [4.69, 9.17) is 5.26 Å². The van der Waals surface area contributed by atoms with Gasteiger partial charge in [-0.2, -0.15) is 5.26 Å². The molecular formula is C15H20N2O2S. The fraction of sp³-hybridized carbons (Fsp3) is 0.533. The van der Waals surface area contributed by atoms with E-state index in [9.17, 15) is 8.42 Å². The number of rotatable bonds is 5. The topological polar surface area (TPSA) is 61.2 Å². The molecule has 1 aliphatic heterocycles. The van der Waals surface area contributed by atoms with E-state index in [0.717, 1.165) is 18.5 Å². The number of hydrogen-bond donors (Lipinski definition) is 0. The van der Waals surface area contributed by atoms with Crippen LogP contribution in [-0.2, 0) is 16.4 Å². The third-order valence-electron chi connectivity index (χ3n) is 3.75. The Bertz CT molecular complexity index is 605. The average Bonchev–Trinajstić information content (AvgIpc) is 2.79. The zero-order valence-corrected chi connectivity index (χ0v) is 12.6. The molecule has 2 rings (SSSR count). The van der Waals surface area contributed by atoms with Crippen molar-refractivity contribution in [2.45, 2.75) is 32.4 Å². The van der Waals surface area contributed by atoms with Crippen molar-refractivity contribution in [2.24, 2.45) is 0 Å². The third-order valence-corrected chi connectivity index (χ3v) is 5.50. The van der Waals surface area contributed by atoms with Crippen LogP contribution in [0.2, 0.25) is 0 Å². The molecule has 1 saturated heterocycles. The van der Waals surface area contributed by atoms with Crippen LogP contribution in [0.5, 0.6) is 0 Å². The SMILES string of the molecule is CCCN(Cc1ccccc1C#N)[C@H]1CCS(=O)(=O)C1. The Balaban J connectivity index is 2.16. The molecule has 0 aromatic heterocycles. The molecule has 1 fully saturated rings. The minimum Gasteiger partial charge on any atom is -0.295 e. The van der Waals surface area contributed by atoms with Gasteiger partial charge in [-0.05, 0) is 31.0 Å². The molecule has 0 unspecified atom stereocenters. The lowest BCUT2D eigenvalue weighted by Gasteiger charge is -2.28. The minimum absolute atomic E-state index is 0.0895. The number of hydrogen-bond acceptors (Lipinski definition) is 4. The summed E-state index contributed by atoms with van der Waals surface area (Å²) in [5.74, 6) is 0.541. The lowest BCUT2D eigenvalue weighted by Crippen LogP contribution is -2.36. The highest BCUT2D eigenvalue weighted by Gasteiger charge is 2.32. The average molecular weight is 292 g/mol. The molecule has 1 aliphatic rings. The maximum Gasteiger partial charge on any atom is 0.151 e. The highest BCUT2D eigenvalue weighted by molar-refractivity contribution is 7.91. The Kier molecular flexibility index (Phi) is 4.79. The zero-order valence-electron chi connectivity index (χ0n) is 11.7. The summed E-state index contributed by atoms with van der Waals surface area (Å²) in [6.45, 7) is 3.60. The van der Waals surface area contributed by atoms with Gasteiger partial charge in [-0.25, -0.2) is 8.42 Å². The highest BCUT2D eigenvalue weighted by atomic mass is 32.2. The molecule has 5 heteroatoms. The van der Waals surface area contributed by atoms with E-state index in [1.165, 1.54) is 0 Å². The summed E-state index contributed by atoms with van der Waals surface area (Å²) in [6, 6.07) is 9.83. The second-order valence-electron chi connectivity index (χ2n) is 5.30. The Morgan fingerprint density at radius 3 is 2.75 bits per heavy atom. The fourth-order valence-corrected chi connectivity index (χ4v) is 4.49. The second-order valence-corrected chi connectivity index (χ2v) is 7.53. The van der Waals surface area contributed by atoms with E-state index < -0.39 is 9.84 Å². The summed E-state index contributed by atoms with van der Waals surface area (Å²) in [5, 5.41) is 9.15. The van der Waals surface area contributed by atoms with E-state index in [1.807, 2.05) is 24.3 Å². The number of benzene rings is 1. The maximum atomic E-state index is 11.6. The molecule has 0 saturated carbocycles. The number of nitrogens with zero attached hydrogens (tertiary/aromatic N) is 2. The monoisotopic (exact) mass is 292 g/mol. The van der Waals surface area contributed by atoms with Gasteiger partial charge in [0.2, 0.25) is 0 Å². The summed E-state index contributed by atoms with van der Waals surface area (Å²) in [7, 11) is -2.87. The van der Waals surface area contributed by atoms with Crippen molar-refractivity contribution < 1.29 is 8.42 Å². The second kappa shape index (κ2) is 6.38. The highest BCUT2D eigenvalue weighted by Crippen LogP contribution is 2.21. The largest absolute Gasteiger partial charge is 0.295 e. The van der Waals surface area contributed by atoms with Gasteiger partial charge in [-0.15, -0.1) is 0 Å². The number of sulfone groups is 1. The van der Waals surface area contributed by atoms with E-state index in [-0.39, 0.29) is 17.5 Å². The van der Waals surface area contributed by atoms with E-state index in [2.05, 4.69) is 17.9 Å². The van der Waals surface area contributed by atoms with Crippen LogP contribution in [0.3, 0.4) is 0 Å². The van der Waals surface area contributed by atoms with Crippen LogP contribution in [0.25, 0.3) is 0 Å². The van der Waals surface area contributed by atoms with Gasteiger partial charge in [-0.3, -0.25) is 4.90 Å². The molecule has 0 aliphatic carbocycles. The molecule has 1 aromatic rings. The first kappa shape index (κ1) is 15.0. The smallest absolute Gasteiger partial charge is 0.151 e. The van der Waals surface area contributed by atoms with E-state index in [1.54, 1.807) is 0 Å². The quantitative estimate of drug-likeness (QED) is 0.832. The summed E-state index contributed by atoms with van der Waals surface area (Å²) in [6.07, 6.45) is 1.68. The summed E-state index contributed by atoms with van der Waals surface area (Å²) >= 11 is 0. The van der Waals surface area contributed by atoms with Crippen molar-refractivity contribution in [1.82, 2.24) is 4.90 Å². The van der Waals surface area contributed by atoms with Crippen LogP contribution in [0.1, 0.15) is 30.9 Å².